The van der Waals surface area contributed by atoms with Crippen LogP contribution in [0.1, 0.15) is 39.0 Å². The Labute approximate surface area is 80.4 Å². The molecule has 1 saturated carbocycles. The molecule has 1 aliphatic rings. The molecule has 0 spiro atoms. The van der Waals surface area contributed by atoms with Gasteiger partial charge in [0.2, 0.25) is 0 Å². The van der Waals surface area contributed by atoms with Crippen LogP contribution in [-0.4, -0.2) is 12.7 Å². The zero-order chi connectivity index (χ0) is 8.81. The van der Waals surface area contributed by atoms with E-state index < -0.39 is 0 Å². The summed E-state index contributed by atoms with van der Waals surface area (Å²) in [6.07, 6.45) is 6.83. The Bertz CT molecular complexity index is 108. The fraction of sp³-hybridized carbons (Fsp3) is 1.00. The quantitative estimate of drug-likeness (QED) is 0.618. The highest BCUT2D eigenvalue weighted by Gasteiger charge is 2.19. The molecule has 0 N–H and O–H groups in total. The third-order valence-corrected chi connectivity index (χ3v) is 3.13. The lowest BCUT2D eigenvalue weighted by atomic mass is 9.81. The highest BCUT2D eigenvalue weighted by atomic mass is 35.5. The van der Waals surface area contributed by atoms with Gasteiger partial charge in [-0.15, -0.1) is 0 Å². The number of hydrogen-bond donors (Lipinski definition) is 0. The Morgan fingerprint density at radius 2 is 1.75 bits per heavy atom. The molecule has 0 aliphatic heterocycles. The van der Waals surface area contributed by atoms with Gasteiger partial charge in [-0.05, 0) is 24.7 Å². The average molecular weight is 191 g/mol. The van der Waals surface area contributed by atoms with E-state index in [0.29, 0.717) is 6.07 Å². The van der Waals surface area contributed by atoms with Crippen LogP contribution in [0.15, 0.2) is 0 Å². The summed E-state index contributed by atoms with van der Waals surface area (Å²) in [7, 11) is 0. The third kappa shape index (κ3) is 3.32. The fourth-order valence-corrected chi connectivity index (χ4v) is 2.11. The first-order chi connectivity index (χ1) is 5.86. The largest absolute Gasteiger partial charge is 0.365 e. The van der Waals surface area contributed by atoms with Gasteiger partial charge in [-0.3, -0.25) is 0 Å². The van der Waals surface area contributed by atoms with Crippen molar-refractivity contribution in [1.29, 1.82) is 0 Å². The van der Waals surface area contributed by atoms with Gasteiger partial charge in [0, 0.05) is 0 Å². The molecule has 0 bridgehead atoms. The van der Waals surface area contributed by atoms with Crippen LogP contribution in [0.25, 0.3) is 0 Å². The van der Waals surface area contributed by atoms with E-state index in [-0.39, 0.29) is 0 Å². The van der Waals surface area contributed by atoms with Crippen molar-refractivity contribution < 1.29 is 4.74 Å². The monoisotopic (exact) mass is 190 g/mol. The number of halogens is 1. The lowest BCUT2D eigenvalue weighted by Crippen LogP contribution is -2.18. The maximum Gasteiger partial charge on any atom is 0.120 e. The molecule has 1 fully saturated rings. The van der Waals surface area contributed by atoms with Crippen molar-refractivity contribution in [2.45, 2.75) is 39.0 Å². The highest BCUT2D eigenvalue weighted by molar-refractivity contribution is 6.17. The smallest absolute Gasteiger partial charge is 0.120 e. The molecule has 0 amide bonds. The summed E-state index contributed by atoms with van der Waals surface area (Å²) in [6, 6.07) is 0.355. The van der Waals surface area contributed by atoms with Crippen molar-refractivity contribution >= 4 is 11.6 Å². The molecule has 0 saturated heterocycles. The Morgan fingerprint density at radius 3 is 2.25 bits per heavy atom. The molecule has 72 valence electrons. The Balaban J connectivity index is 2.09. The van der Waals surface area contributed by atoms with E-state index in [4.69, 9.17) is 16.3 Å². The predicted molar refractivity (Wildman–Crippen MR) is 52.4 cm³/mol. The number of ether oxygens (including phenoxy) is 1. The summed E-state index contributed by atoms with van der Waals surface area (Å²) in [5.74, 6) is 1.77. The first-order valence-corrected chi connectivity index (χ1v) is 5.54. The zero-order valence-electron chi connectivity index (χ0n) is 7.89. The summed E-state index contributed by atoms with van der Waals surface area (Å²) in [5, 5.41) is 0. The second-order valence-corrected chi connectivity index (χ2v) is 3.99. The van der Waals surface area contributed by atoms with E-state index in [2.05, 4.69) is 6.92 Å². The van der Waals surface area contributed by atoms with Gasteiger partial charge in [-0.25, -0.2) is 0 Å². The zero-order valence-corrected chi connectivity index (χ0v) is 8.65. The molecule has 0 radical (unpaired) electrons. The summed E-state index contributed by atoms with van der Waals surface area (Å²) in [4.78, 5) is 0. The molecule has 2 heteroatoms. The molecular weight excluding hydrogens is 172 g/mol. The van der Waals surface area contributed by atoms with Gasteiger partial charge in [0.25, 0.3) is 0 Å². The topological polar surface area (TPSA) is 9.23 Å². The van der Waals surface area contributed by atoms with Crippen LogP contribution in [0.2, 0.25) is 0 Å². The Hall–Kier alpha value is 0.250. The molecule has 1 nitrogen and oxygen atoms in total. The normalized spacial score (nSPS) is 30.5. The van der Waals surface area contributed by atoms with E-state index in [1.165, 1.54) is 32.1 Å². The fourth-order valence-electron chi connectivity index (χ4n) is 2.02. The van der Waals surface area contributed by atoms with Crippen LogP contribution in [0, 0.1) is 11.8 Å². The van der Waals surface area contributed by atoms with Crippen LogP contribution in [0.4, 0.5) is 0 Å². The lowest BCUT2D eigenvalue weighted by Gasteiger charge is -2.27. The molecular formula is C10H19ClO. The Morgan fingerprint density at radius 1 is 1.17 bits per heavy atom. The number of rotatable bonds is 4. The van der Waals surface area contributed by atoms with Gasteiger partial charge in [0.1, 0.15) is 6.07 Å². The number of alkyl halides is 1. The van der Waals surface area contributed by atoms with Crippen LogP contribution < -0.4 is 0 Å². The van der Waals surface area contributed by atoms with Crippen molar-refractivity contribution in [1.82, 2.24) is 0 Å². The SMILES string of the molecule is CCC1CCC(COCCl)CC1. The molecule has 0 heterocycles. The van der Waals surface area contributed by atoms with Crippen molar-refractivity contribution in [2.24, 2.45) is 11.8 Å². The highest BCUT2D eigenvalue weighted by Crippen LogP contribution is 2.30. The van der Waals surface area contributed by atoms with Gasteiger partial charge in [0.05, 0.1) is 6.61 Å². The van der Waals surface area contributed by atoms with Gasteiger partial charge in [-0.2, -0.15) is 0 Å². The van der Waals surface area contributed by atoms with E-state index in [9.17, 15) is 0 Å². The lowest BCUT2D eigenvalue weighted by molar-refractivity contribution is 0.106. The molecule has 0 aromatic carbocycles. The molecule has 0 aromatic rings. The minimum Gasteiger partial charge on any atom is -0.365 e. The maximum absolute atomic E-state index is 5.45. The first kappa shape index (κ1) is 10.3. The van der Waals surface area contributed by atoms with Crippen molar-refractivity contribution in [2.75, 3.05) is 12.7 Å². The second kappa shape index (κ2) is 5.82. The van der Waals surface area contributed by atoms with Gasteiger partial charge < -0.3 is 4.74 Å². The molecule has 0 unspecified atom stereocenters. The summed E-state index contributed by atoms with van der Waals surface area (Å²) in [6.45, 7) is 3.17. The van der Waals surface area contributed by atoms with Crippen LogP contribution >= 0.6 is 11.6 Å². The van der Waals surface area contributed by atoms with Crippen molar-refractivity contribution in [3.63, 3.8) is 0 Å². The van der Waals surface area contributed by atoms with Gasteiger partial charge >= 0.3 is 0 Å². The summed E-state index contributed by atoms with van der Waals surface area (Å²) < 4.78 is 5.21. The Kier molecular flexibility index (Phi) is 5.01. The van der Waals surface area contributed by atoms with E-state index in [0.717, 1.165) is 18.4 Å². The van der Waals surface area contributed by atoms with Crippen molar-refractivity contribution in [3.8, 4) is 0 Å². The van der Waals surface area contributed by atoms with Crippen molar-refractivity contribution in [3.05, 3.63) is 0 Å². The second-order valence-electron chi connectivity index (χ2n) is 3.77. The van der Waals surface area contributed by atoms with E-state index in [1.54, 1.807) is 0 Å². The summed E-state index contributed by atoms with van der Waals surface area (Å²) >= 11 is 5.45. The minimum atomic E-state index is 0.355. The van der Waals surface area contributed by atoms with Gasteiger partial charge in [-0.1, -0.05) is 37.8 Å². The standard InChI is InChI=1S/C10H19ClO/c1-2-9-3-5-10(6-4-9)7-12-8-11/h9-10H,2-8H2,1H3. The predicted octanol–water partition coefficient (Wildman–Crippen LogP) is 3.42. The first-order valence-electron chi connectivity index (χ1n) is 5.00. The van der Waals surface area contributed by atoms with E-state index >= 15 is 0 Å². The molecule has 1 rings (SSSR count). The van der Waals surface area contributed by atoms with Crippen LogP contribution in [0.3, 0.4) is 0 Å². The van der Waals surface area contributed by atoms with Crippen LogP contribution in [-0.2, 0) is 4.74 Å². The molecule has 12 heavy (non-hydrogen) atoms. The number of hydrogen-bond acceptors (Lipinski definition) is 1. The minimum absolute atomic E-state index is 0.355. The van der Waals surface area contributed by atoms with Gasteiger partial charge in [0.15, 0.2) is 0 Å². The summed E-state index contributed by atoms with van der Waals surface area (Å²) in [5.41, 5.74) is 0. The molecule has 1 aliphatic carbocycles. The average Bonchev–Trinajstić information content (AvgIpc) is 2.15. The van der Waals surface area contributed by atoms with Crippen LogP contribution in [0.5, 0.6) is 0 Å². The van der Waals surface area contributed by atoms with E-state index in [1.807, 2.05) is 0 Å². The molecule has 0 atom stereocenters. The molecule has 0 aromatic heterocycles. The third-order valence-electron chi connectivity index (χ3n) is 2.97. The maximum atomic E-state index is 5.45.